The molecule has 0 atom stereocenters. The van der Waals surface area contributed by atoms with Gasteiger partial charge in [0.25, 0.3) is 5.91 Å². The van der Waals surface area contributed by atoms with E-state index in [1.165, 1.54) is 39.9 Å². The summed E-state index contributed by atoms with van der Waals surface area (Å²) in [7, 11) is -3.75. The average molecular weight is 516 g/mol. The Bertz CT molecular complexity index is 1640. The normalized spacial score (nSPS) is 12.0. The third-order valence-electron chi connectivity index (χ3n) is 5.98. The Morgan fingerprint density at radius 3 is 2.33 bits per heavy atom. The average Bonchev–Trinajstić information content (AvgIpc) is 3.30. The molecule has 0 fully saturated rings. The third kappa shape index (κ3) is 4.75. The number of nitrogens with one attached hydrogen (secondary N) is 1. The molecule has 0 aliphatic rings. The second-order valence-electron chi connectivity index (χ2n) is 8.76. The van der Waals surface area contributed by atoms with E-state index in [-0.39, 0.29) is 23.4 Å². The molecule has 6 nitrogen and oxygen atoms in total. The monoisotopic (exact) mass is 515 g/mol. The molecular weight excluding hydrogens is 490 g/mol. The van der Waals surface area contributed by atoms with Gasteiger partial charge in [-0.3, -0.25) is 10.1 Å². The van der Waals surface area contributed by atoms with Crippen molar-refractivity contribution in [2.45, 2.75) is 31.3 Å². The van der Waals surface area contributed by atoms with E-state index in [4.69, 9.17) is 0 Å². The lowest BCUT2D eigenvalue weighted by Crippen LogP contribution is -2.36. The van der Waals surface area contributed by atoms with E-state index in [0.29, 0.717) is 10.7 Å². The van der Waals surface area contributed by atoms with Crippen LogP contribution in [0, 0.1) is 0 Å². The number of hydrogen-bond donors (Lipinski definition) is 1. The number of anilines is 1. The molecule has 0 unspecified atom stereocenters. The van der Waals surface area contributed by atoms with E-state index >= 15 is 0 Å². The van der Waals surface area contributed by atoms with Gasteiger partial charge in [-0.2, -0.15) is 4.31 Å². The molecule has 182 valence electrons. The fourth-order valence-electron chi connectivity index (χ4n) is 4.11. The Morgan fingerprint density at radius 2 is 1.61 bits per heavy atom. The highest BCUT2D eigenvalue weighted by Gasteiger charge is 2.27. The van der Waals surface area contributed by atoms with E-state index in [9.17, 15) is 13.2 Å². The van der Waals surface area contributed by atoms with Crippen LogP contribution < -0.4 is 5.32 Å². The number of nitrogens with zero attached hydrogens (tertiary/aromatic N) is 2. The van der Waals surface area contributed by atoms with E-state index < -0.39 is 10.0 Å². The maximum absolute atomic E-state index is 13.4. The molecule has 5 rings (SSSR count). The summed E-state index contributed by atoms with van der Waals surface area (Å²) < 4.78 is 29.2. The number of fused-ring (bicyclic) bond motifs is 3. The molecule has 1 N–H and O–H groups in total. The summed E-state index contributed by atoms with van der Waals surface area (Å²) in [6, 6.07) is 27.3. The van der Waals surface area contributed by atoms with Crippen LogP contribution in [0.4, 0.5) is 5.13 Å². The highest BCUT2D eigenvalue weighted by atomic mass is 32.2. The summed E-state index contributed by atoms with van der Waals surface area (Å²) in [6.45, 7) is 3.97. The molecule has 1 amide bonds. The van der Waals surface area contributed by atoms with Gasteiger partial charge >= 0.3 is 0 Å². The molecule has 1 heterocycles. The molecule has 0 spiro atoms. The lowest BCUT2D eigenvalue weighted by atomic mass is 10.1. The number of aromatic nitrogens is 1. The van der Waals surface area contributed by atoms with E-state index in [0.717, 1.165) is 26.6 Å². The molecule has 0 aliphatic carbocycles. The first kappa shape index (κ1) is 24.1. The molecule has 0 radical (unpaired) electrons. The summed E-state index contributed by atoms with van der Waals surface area (Å²) in [4.78, 5) is 17.7. The number of carbonyl (C=O) groups excluding carboxylic acids is 1. The Morgan fingerprint density at radius 1 is 0.917 bits per heavy atom. The van der Waals surface area contributed by atoms with E-state index in [1.54, 1.807) is 0 Å². The zero-order valence-corrected chi connectivity index (χ0v) is 21.5. The van der Waals surface area contributed by atoms with Gasteiger partial charge in [0.05, 0.1) is 15.1 Å². The van der Waals surface area contributed by atoms with Gasteiger partial charge in [-0.15, -0.1) is 0 Å². The number of amides is 1. The number of hydrogen-bond acceptors (Lipinski definition) is 5. The minimum Gasteiger partial charge on any atom is -0.298 e. The second-order valence-corrected chi connectivity index (χ2v) is 11.7. The van der Waals surface area contributed by atoms with Gasteiger partial charge in [0.15, 0.2) is 5.13 Å². The molecule has 0 aliphatic heterocycles. The van der Waals surface area contributed by atoms with Crippen molar-refractivity contribution in [2.75, 3.05) is 5.32 Å². The predicted octanol–water partition coefficient (Wildman–Crippen LogP) is 6.30. The van der Waals surface area contributed by atoms with E-state index in [2.05, 4.69) is 10.3 Å². The summed E-state index contributed by atoms with van der Waals surface area (Å²) >= 11 is 1.40. The van der Waals surface area contributed by atoms with Crippen LogP contribution in [0.15, 0.2) is 95.9 Å². The minimum absolute atomic E-state index is 0.148. The summed E-state index contributed by atoms with van der Waals surface area (Å²) in [5.41, 5.74) is 2.12. The molecule has 8 heteroatoms. The lowest BCUT2D eigenvalue weighted by Gasteiger charge is -2.26. The zero-order valence-electron chi connectivity index (χ0n) is 19.9. The highest BCUT2D eigenvalue weighted by Crippen LogP contribution is 2.32. The smallest absolute Gasteiger partial charge is 0.257 e. The molecule has 4 aromatic carbocycles. The highest BCUT2D eigenvalue weighted by molar-refractivity contribution is 7.89. The second kappa shape index (κ2) is 9.81. The first-order valence-corrected chi connectivity index (χ1v) is 13.8. The fraction of sp³-hybridized carbons (Fsp3) is 0.143. The molecule has 0 saturated heterocycles. The summed E-state index contributed by atoms with van der Waals surface area (Å²) in [5.74, 6) is -0.340. The largest absolute Gasteiger partial charge is 0.298 e. The van der Waals surface area contributed by atoms with Crippen molar-refractivity contribution in [1.29, 1.82) is 0 Å². The van der Waals surface area contributed by atoms with Crippen molar-refractivity contribution in [2.24, 2.45) is 0 Å². The summed E-state index contributed by atoms with van der Waals surface area (Å²) in [5, 5.41) is 5.47. The predicted molar refractivity (Wildman–Crippen MR) is 146 cm³/mol. The minimum atomic E-state index is -3.75. The Balaban J connectivity index is 1.36. The van der Waals surface area contributed by atoms with Crippen LogP contribution in [-0.4, -0.2) is 29.7 Å². The van der Waals surface area contributed by atoms with Crippen LogP contribution in [0.1, 0.15) is 29.8 Å². The molecule has 0 saturated carbocycles. The molecule has 1 aromatic heterocycles. The van der Waals surface area contributed by atoms with Gasteiger partial charge in [0, 0.05) is 23.5 Å². The van der Waals surface area contributed by atoms with Crippen LogP contribution >= 0.6 is 11.3 Å². The molecule has 36 heavy (non-hydrogen) atoms. The number of thiazole rings is 1. The first-order chi connectivity index (χ1) is 17.3. The van der Waals surface area contributed by atoms with Gasteiger partial charge < -0.3 is 0 Å². The first-order valence-electron chi connectivity index (χ1n) is 11.6. The quantitative estimate of drug-likeness (QED) is 0.276. The zero-order chi connectivity index (χ0) is 25.3. The van der Waals surface area contributed by atoms with Gasteiger partial charge in [0.1, 0.15) is 0 Å². The Kier molecular flexibility index (Phi) is 6.57. The SMILES string of the molecule is CC(C)N(Cc1ccccc1)S(=O)(=O)c1ccc(C(=O)Nc2nc3c(ccc4ccccc43)s2)cc1. The van der Waals surface area contributed by atoms with Gasteiger partial charge in [-0.25, -0.2) is 13.4 Å². The fourth-order valence-corrected chi connectivity index (χ4v) is 6.61. The van der Waals surface area contributed by atoms with E-state index in [1.807, 2.05) is 80.6 Å². The van der Waals surface area contributed by atoms with Crippen LogP contribution in [0.5, 0.6) is 0 Å². The van der Waals surface area contributed by atoms with Crippen LogP contribution in [0.25, 0.3) is 21.0 Å². The van der Waals surface area contributed by atoms with Crippen molar-refractivity contribution in [3.8, 4) is 0 Å². The van der Waals surface area contributed by atoms with Crippen LogP contribution in [-0.2, 0) is 16.6 Å². The number of carbonyl (C=O) groups is 1. The van der Waals surface area contributed by atoms with Gasteiger partial charge in [-0.05, 0) is 55.1 Å². The third-order valence-corrected chi connectivity index (χ3v) is 8.96. The van der Waals surface area contributed by atoms with Crippen molar-refractivity contribution in [1.82, 2.24) is 9.29 Å². The van der Waals surface area contributed by atoms with Crippen molar-refractivity contribution in [3.05, 3.63) is 102 Å². The van der Waals surface area contributed by atoms with Crippen LogP contribution in [0.3, 0.4) is 0 Å². The van der Waals surface area contributed by atoms with Crippen molar-refractivity contribution >= 4 is 53.4 Å². The van der Waals surface area contributed by atoms with Crippen LogP contribution in [0.2, 0.25) is 0 Å². The van der Waals surface area contributed by atoms with Gasteiger partial charge in [-0.1, -0.05) is 72.0 Å². The summed E-state index contributed by atoms with van der Waals surface area (Å²) in [6.07, 6.45) is 0. The van der Waals surface area contributed by atoms with Crippen molar-refractivity contribution < 1.29 is 13.2 Å². The number of sulfonamides is 1. The lowest BCUT2D eigenvalue weighted by molar-refractivity contribution is 0.102. The topological polar surface area (TPSA) is 79.4 Å². The van der Waals surface area contributed by atoms with Crippen molar-refractivity contribution in [3.63, 3.8) is 0 Å². The molecule has 0 bridgehead atoms. The molecular formula is C28H25N3O3S2. The van der Waals surface area contributed by atoms with Gasteiger partial charge in [0.2, 0.25) is 10.0 Å². The molecule has 5 aromatic rings. The standard InChI is InChI=1S/C28H25N3O3S2/c1-19(2)31(18-20-8-4-3-5-9-20)36(33,34)23-15-12-22(13-16-23)27(32)30-28-29-26-24-11-7-6-10-21(24)14-17-25(26)35-28/h3-17,19H,18H2,1-2H3,(H,29,30,32). The maximum atomic E-state index is 13.4. The Hall–Kier alpha value is -3.59. The number of rotatable bonds is 7. The number of benzene rings is 4. The maximum Gasteiger partial charge on any atom is 0.257 e. The Labute approximate surface area is 214 Å².